The lowest BCUT2D eigenvalue weighted by molar-refractivity contribution is -0.384. The summed E-state index contributed by atoms with van der Waals surface area (Å²) in [5.74, 6) is 0.127. The molecule has 100 valence electrons. The molecule has 6 nitrogen and oxygen atoms in total. The Labute approximate surface area is 110 Å². The first-order valence-corrected chi connectivity index (χ1v) is 6.04. The molecule has 0 fully saturated rings. The number of anilines is 1. The largest absolute Gasteiger partial charge is 0.394 e. The molecule has 0 aliphatic rings. The van der Waals surface area contributed by atoms with Crippen LogP contribution >= 0.6 is 11.6 Å². The van der Waals surface area contributed by atoms with E-state index in [1.807, 2.05) is 13.8 Å². The number of hydrogen-bond donors (Lipinski definition) is 2. The minimum Gasteiger partial charge on any atom is -0.394 e. The lowest BCUT2D eigenvalue weighted by Crippen LogP contribution is -2.41. The molecular formula is C11H16ClN3O3. The summed E-state index contributed by atoms with van der Waals surface area (Å²) < 4.78 is 0. The summed E-state index contributed by atoms with van der Waals surface area (Å²) in [5.41, 5.74) is -0.798. The van der Waals surface area contributed by atoms with Crippen LogP contribution in [0, 0.1) is 10.1 Å². The molecule has 0 saturated carbocycles. The number of rotatable bonds is 6. The summed E-state index contributed by atoms with van der Waals surface area (Å²) in [7, 11) is 0. The van der Waals surface area contributed by atoms with Crippen molar-refractivity contribution in [1.29, 1.82) is 0 Å². The van der Waals surface area contributed by atoms with E-state index in [0.717, 1.165) is 0 Å². The van der Waals surface area contributed by atoms with Gasteiger partial charge in [0.05, 0.1) is 22.1 Å². The fourth-order valence-electron chi connectivity index (χ4n) is 1.61. The highest BCUT2D eigenvalue weighted by atomic mass is 35.5. The Kier molecular flexibility index (Phi) is 4.86. The second-order valence-corrected chi connectivity index (χ2v) is 4.49. The molecule has 1 aromatic heterocycles. The lowest BCUT2D eigenvalue weighted by Gasteiger charge is -2.31. The number of aliphatic hydroxyl groups is 1. The highest BCUT2D eigenvalue weighted by Crippen LogP contribution is 2.29. The number of nitrogens with one attached hydrogen (secondary N) is 1. The Morgan fingerprint density at radius 3 is 2.61 bits per heavy atom. The molecule has 0 aromatic carbocycles. The highest BCUT2D eigenvalue weighted by Gasteiger charge is 2.29. The molecule has 1 rings (SSSR count). The molecule has 0 bridgehead atoms. The second kappa shape index (κ2) is 5.97. The fourth-order valence-corrected chi connectivity index (χ4v) is 1.76. The zero-order valence-corrected chi connectivity index (χ0v) is 11.1. The van der Waals surface area contributed by atoms with Gasteiger partial charge in [0.1, 0.15) is 0 Å². The van der Waals surface area contributed by atoms with Gasteiger partial charge in [0.2, 0.25) is 5.82 Å². The first-order chi connectivity index (χ1) is 8.48. The zero-order valence-electron chi connectivity index (χ0n) is 10.3. The maximum absolute atomic E-state index is 10.9. The quantitative estimate of drug-likeness (QED) is 0.614. The van der Waals surface area contributed by atoms with Crippen molar-refractivity contribution in [3.63, 3.8) is 0 Å². The van der Waals surface area contributed by atoms with Crippen LogP contribution in [0.2, 0.25) is 5.02 Å². The van der Waals surface area contributed by atoms with Crippen molar-refractivity contribution in [3.05, 3.63) is 27.4 Å². The topological polar surface area (TPSA) is 88.3 Å². The van der Waals surface area contributed by atoms with Gasteiger partial charge in [0.15, 0.2) is 0 Å². The van der Waals surface area contributed by atoms with Crippen molar-refractivity contribution < 1.29 is 10.0 Å². The number of hydrogen-bond acceptors (Lipinski definition) is 5. The van der Waals surface area contributed by atoms with Gasteiger partial charge in [-0.15, -0.1) is 0 Å². The molecule has 0 saturated heterocycles. The third-order valence-electron chi connectivity index (χ3n) is 3.07. The lowest BCUT2D eigenvalue weighted by atomic mass is 9.94. The normalized spacial score (nSPS) is 11.3. The Hall–Kier alpha value is -1.40. The summed E-state index contributed by atoms with van der Waals surface area (Å²) in [6.07, 6.45) is 2.59. The summed E-state index contributed by atoms with van der Waals surface area (Å²) in [4.78, 5) is 14.3. The molecule has 0 atom stereocenters. The van der Waals surface area contributed by atoms with E-state index < -0.39 is 10.5 Å². The molecule has 0 unspecified atom stereocenters. The zero-order chi connectivity index (χ0) is 13.8. The van der Waals surface area contributed by atoms with Crippen molar-refractivity contribution in [1.82, 2.24) is 4.98 Å². The third kappa shape index (κ3) is 3.08. The third-order valence-corrected chi connectivity index (χ3v) is 3.28. The van der Waals surface area contributed by atoms with Gasteiger partial charge < -0.3 is 10.4 Å². The van der Waals surface area contributed by atoms with Gasteiger partial charge in [-0.1, -0.05) is 25.4 Å². The van der Waals surface area contributed by atoms with Gasteiger partial charge in [-0.05, 0) is 12.8 Å². The van der Waals surface area contributed by atoms with Crippen molar-refractivity contribution in [2.75, 3.05) is 11.9 Å². The first kappa shape index (κ1) is 14.7. The van der Waals surface area contributed by atoms with Crippen LogP contribution in [-0.2, 0) is 0 Å². The van der Waals surface area contributed by atoms with E-state index in [1.165, 1.54) is 12.3 Å². The van der Waals surface area contributed by atoms with Crippen LogP contribution in [-0.4, -0.2) is 27.2 Å². The van der Waals surface area contributed by atoms with Crippen LogP contribution < -0.4 is 5.32 Å². The Morgan fingerprint density at radius 2 is 2.17 bits per heavy atom. The number of pyridine rings is 1. The Balaban J connectivity index is 3.13. The van der Waals surface area contributed by atoms with Gasteiger partial charge in [0, 0.05) is 12.3 Å². The van der Waals surface area contributed by atoms with Crippen LogP contribution in [0.1, 0.15) is 26.7 Å². The van der Waals surface area contributed by atoms with E-state index in [9.17, 15) is 15.2 Å². The van der Waals surface area contributed by atoms with E-state index in [4.69, 9.17) is 11.6 Å². The first-order valence-electron chi connectivity index (χ1n) is 5.67. The number of aliphatic hydroxyl groups excluding tert-OH is 1. The van der Waals surface area contributed by atoms with Crippen molar-refractivity contribution >= 4 is 23.1 Å². The molecule has 0 spiro atoms. The summed E-state index contributed by atoms with van der Waals surface area (Å²) in [6, 6.07) is 1.24. The van der Waals surface area contributed by atoms with E-state index in [0.29, 0.717) is 12.8 Å². The van der Waals surface area contributed by atoms with Crippen LogP contribution in [0.4, 0.5) is 11.5 Å². The molecular weight excluding hydrogens is 258 g/mol. The summed E-state index contributed by atoms with van der Waals surface area (Å²) in [6.45, 7) is 3.67. The monoisotopic (exact) mass is 273 g/mol. The van der Waals surface area contributed by atoms with E-state index >= 15 is 0 Å². The Bertz CT molecular complexity index is 427. The van der Waals surface area contributed by atoms with Crippen molar-refractivity contribution in [3.8, 4) is 0 Å². The van der Waals surface area contributed by atoms with Gasteiger partial charge in [-0.2, -0.15) is 0 Å². The molecule has 1 heterocycles. The highest BCUT2D eigenvalue weighted by molar-refractivity contribution is 6.30. The molecule has 0 amide bonds. The smallest absolute Gasteiger partial charge is 0.312 e. The summed E-state index contributed by atoms with van der Waals surface area (Å²) in [5, 5.41) is 23.5. The average molecular weight is 274 g/mol. The number of nitrogens with zero attached hydrogens (tertiary/aromatic N) is 2. The molecule has 0 aliphatic carbocycles. The molecule has 1 aromatic rings. The molecule has 18 heavy (non-hydrogen) atoms. The van der Waals surface area contributed by atoms with Crippen molar-refractivity contribution in [2.45, 2.75) is 32.2 Å². The maximum Gasteiger partial charge on any atom is 0.312 e. The predicted octanol–water partition coefficient (Wildman–Crippen LogP) is 2.61. The van der Waals surface area contributed by atoms with Crippen LogP contribution in [0.5, 0.6) is 0 Å². The minimum atomic E-state index is -0.606. The van der Waals surface area contributed by atoms with E-state index in [2.05, 4.69) is 10.3 Å². The van der Waals surface area contributed by atoms with Gasteiger partial charge in [-0.3, -0.25) is 10.1 Å². The molecule has 7 heteroatoms. The molecule has 0 radical (unpaired) electrons. The standard InChI is InChI=1S/C11H16ClN3O3/c1-3-11(4-2,7-16)14-10-9(15(17)18)5-8(12)6-13-10/h5-6,16H,3-4,7H2,1-2H3,(H,13,14). The summed E-state index contributed by atoms with van der Waals surface area (Å²) >= 11 is 5.69. The SMILES string of the molecule is CCC(CC)(CO)Nc1ncc(Cl)cc1[N+](=O)[O-]. The number of halogens is 1. The average Bonchev–Trinajstić information content (AvgIpc) is 2.37. The van der Waals surface area contributed by atoms with Crippen molar-refractivity contribution in [2.24, 2.45) is 0 Å². The second-order valence-electron chi connectivity index (χ2n) is 4.05. The van der Waals surface area contributed by atoms with Gasteiger partial charge in [-0.25, -0.2) is 4.98 Å². The van der Waals surface area contributed by atoms with Gasteiger partial charge >= 0.3 is 5.69 Å². The van der Waals surface area contributed by atoms with Gasteiger partial charge in [0.25, 0.3) is 0 Å². The number of nitro groups is 1. The van der Waals surface area contributed by atoms with Crippen LogP contribution in [0.25, 0.3) is 0 Å². The Morgan fingerprint density at radius 1 is 1.56 bits per heavy atom. The fraction of sp³-hybridized carbons (Fsp3) is 0.545. The van der Waals surface area contributed by atoms with Crippen LogP contribution in [0.3, 0.4) is 0 Å². The predicted molar refractivity (Wildman–Crippen MR) is 69.9 cm³/mol. The maximum atomic E-state index is 10.9. The van der Waals surface area contributed by atoms with E-state index in [-0.39, 0.29) is 23.1 Å². The number of aromatic nitrogens is 1. The molecule has 2 N–H and O–H groups in total. The van der Waals surface area contributed by atoms with Crippen LogP contribution in [0.15, 0.2) is 12.3 Å². The minimum absolute atomic E-state index is 0.124. The van der Waals surface area contributed by atoms with E-state index in [1.54, 1.807) is 0 Å². The molecule has 0 aliphatic heterocycles.